The Kier molecular flexibility index (Phi) is 6.43. The quantitative estimate of drug-likeness (QED) is 0.333. The summed E-state index contributed by atoms with van der Waals surface area (Å²) >= 11 is 0. The van der Waals surface area contributed by atoms with Crippen LogP contribution in [0.25, 0.3) is 33.3 Å². The number of nitrogens with one attached hydrogen (secondary N) is 1. The summed E-state index contributed by atoms with van der Waals surface area (Å²) in [5.74, 6) is 0.774. The van der Waals surface area contributed by atoms with Crippen molar-refractivity contribution < 1.29 is 9.53 Å². The summed E-state index contributed by atoms with van der Waals surface area (Å²) in [6.45, 7) is 2.65. The van der Waals surface area contributed by atoms with Crippen LogP contribution in [0.5, 0.6) is 0 Å². The number of aromatic amines is 1. The van der Waals surface area contributed by atoms with E-state index in [0.717, 1.165) is 40.9 Å². The number of hydrogen-bond donors (Lipinski definition) is 1. The molecule has 2 saturated heterocycles. The first kappa shape index (κ1) is 25.9. The average molecular weight is 564 g/mol. The fourth-order valence-electron chi connectivity index (χ4n) is 6.14. The summed E-state index contributed by atoms with van der Waals surface area (Å²) in [7, 11) is 1.71. The van der Waals surface area contributed by atoms with Gasteiger partial charge in [0.1, 0.15) is 24.3 Å². The molecule has 0 saturated carbocycles. The van der Waals surface area contributed by atoms with Gasteiger partial charge < -0.3 is 19.1 Å². The minimum atomic E-state index is -0.171. The molecule has 7 rings (SSSR count). The number of anilines is 1. The molecule has 4 aromatic heterocycles. The highest BCUT2D eigenvalue weighted by molar-refractivity contribution is 6.02. The number of aromatic nitrogens is 6. The Morgan fingerprint density at radius 2 is 1.98 bits per heavy atom. The van der Waals surface area contributed by atoms with E-state index in [1.54, 1.807) is 23.9 Å². The Morgan fingerprint density at radius 3 is 2.76 bits per heavy atom. The van der Waals surface area contributed by atoms with Crippen molar-refractivity contribution in [3.05, 3.63) is 71.2 Å². The first-order chi connectivity index (χ1) is 20.5. The Hall–Kier alpha value is -5.02. The molecule has 6 heterocycles. The molecular formula is C30H29N9O3. The average Bonchev–Trinajstić information content (AvgIpc) is 3.54. The van der Waals surface area contributed by atoms with Crippen molar-refractivity contribution in [1.82, 2.24) is 34.0 Å². The van der Waals surface area contributed by atoms with Gasteiger partial charge in [0.2, 0.25) is 5.91 Å². The minimum Gasteiger partial charge on any atom is -0.378 e. The molecule has 0 bridgehead atoms. The summed E-state index contributed by atoms with van der Waals surface area (Å²) in [5, 5.41) is 10.4. The number of methoxy groups -OCH3 is 1. The Balaban J connectivity index is 1.16. The highest BCUT2D eigenvalue weighted by atomic mass is 16.5. The van der Waals surface area contributed by atoms with Crippen LogP contribution in [0.1, 0.15) is 24.4 Å². The molecule has 42 heavy (non-hydrogen) atoms. The maximum absolute atomic E-state index is 13.6. The number of benzene rings is 1. The predicted octanol–water partition coefficient (Wildman–Crippen LogP) is 2.71. The molecule has 0 radical (unpaired) electrons. The fourth-order valence-corrected chi connectivity index (χ4v) is 6.14. The van der Waals surface area contributed by atoms with Gasteiger partial charge >= 0.3 is 5.69 Å². The number of hydrogen-bond acceptors (Lipinski definition) is 8. The molecule has 1 amide bonds. The standard InChI is InChI=1S/C30H29N9O3/c1-42-22-14-37(15-22)28-26-23(20-5-2-4-19(12-20)13-31)16-38(29(26)34-18-33-28)17-25(40)36-10-7-21(8-11-36)39-24-6-3-9-32-27(24)35-30(39)41/h2-6,9,12,16,18,21-22H,7-8,10-11,14-15,17H2,1H3,(H,32,35,41). The van der Waals surface area contributed by atoms with Gasteiger partial charge in [0.25, 0.3) is 0 Å². The predicted molar refractivity (Wildman–Crippen MR) is 156 cm³/mol. The van der Waals surface area contributed by atoms with Crippen molar-refractivity contribution in [3.8, 4) is 17.2 Å². The molecule has 0 unspecified atom stereocenters. The van der Waals surface area contributed by atoms with Gasteiger partial charge in [-0.2, -0.15) is 5.26 Å². The number of pyridine rings is 1. The lowest BCUT2D eigenvalue weighted by molar-refractivity contribution is -0.133. The van der Waals surface area contributed by atoms with E-state index in [0.29, 0.717) is 42.8 Å². The van der Waals surface area contributed by atoms with Crippen molar-refractivity contribution in [2.24, 2.45) is 0 Å². The number of piperidine rings is 1. The normalized spacial score (nSPS) is 16.2. The molecule has 2 aliphatic heterocycles. The molecule has 2 fully saturated rings. The van der Waals surface area contributed by atoms with Crippen molar-refractivity contribution in [3.63, 3.8) is 0 Å². The van der Waals surface area contributed by atoms with Crippen LogP contribution in [0.2, 0.25) is 0 Å². The van der Waals surface area contributed by atoms with Crippen LogP contribution in [0.3, 0.4) is 0 Å². The Bertz CT molecular complexity index is 1900. The second kappa shape index (κ2) is 10.4. The molecule has 0 atom stereocenters. The number of ether oxygens (including phenoxy) is 1. The van der Waals surface area contributed by atoms with E-state index in [-0.39, 0.29) is 30.3 Å². The smallest absolute Gasteiger partial charge is 0.327 e. The van der Waals surface area contributed by atoms with E-state index in [4.69, 9.17) is 4.74 Å². The second-order valence-electron chi connectivity index (χ2n) is 10.8. The van der Waals surface area contributed by atoms with E-state index in [1.807, 2.05) is 46.0 Å². The summed E-state index contributed by atoms with van der Waals surface area (Å²) in [6.07, 6.45) is 6.63. The summed E-state index contributed by atoms with van der Waals surface area (Å²) in [5.41, 5.74) is 4.15. The summed E-state index contributed by atoms with van der Waals surface area (Å²) in [4.78, 5) is 46.6. The lowest BCUT2D eigenvalue weighted by Crippen LogP contribution is -2.52. The van der Waals surface area contributed by atoms with Gasteiger partial charge in [-0.1, -0.05) is 12.1 Å². The molecule has 12 nitrogen and oxygen atoms in total. The van der Waals surface area contributed by atoms with Gasteiger partial charge in [0.05, 0.1) is 28.6 Å². The van der Waals surface area contributed by atoms with Crippen molar-refractivity contribution >= 4 is 33.9 Å². The zero-order valence-electron chi connectivity index (χ0n) is 23.1. The van der Waals surface area contributed by atoms with E-state index in [9.17, 15) is 14.9 Å². The maximum Gasteiger partial charge on any atom is 0.327 e. The lowest BCUT2D eigenvalue weighted by atomic mass is 10.0. The molecule has 1 N–H and O–H groups in total. The number of nitriles is 1. The molecule has 12 heteroatoms. The van der Waals surface area contributed by atoms with E-state index in [1.165, 1.54) is 6.33 Å². The number of carbonyl (C=O) groups excluding carboxylic acids is 1. The van der Waals surface area contributed by atoms with Gasteiger partial charge in [-0.05, 0) is 42.7 Å². The highest BCUT2D eigenvalue weighted by Gasteiger charge is 2.31. The van der Waals surface area contributed by atoms with Crippen LogP contribution in [0.15, 0.2) is 59.9 Å². The Labute approximate surface area is 240 Å². The minimum absolute atomic E-state index is 0.00586. The molecule has 0 aliphatic carbocycles. The number of likely N-dealkylation sites (tertiary alicyclic amines) is 1. The number of H-pyrrole nitrogens is 1. The van der Waals surface area contributed by atoms with Gasteiger partial charge in [0, 0.05) is 57.3 Å². The fraction of sp³-hybridized carbons (Fsp3) is 0.333. The van der Waals surface area contributed by atoms with E-state index >= 15 is 0 Å². The molecule has 5 aromatic rings. The van der Waals surface area contributed by atoms with Crippen LogP contribution >= 0.6 is 0 Å². The lowest BCUT2D eigenvalue weighted by Gasteiger charge is -2.39. The highest BCUT2D eigenvalue weighted by Crippen LogP contribution is 2.37. The monoisotopic (exact) mass is 563 g/mol. The molecule has 212 valence electrons. The van der Waals surface area contributed by atoms with Gasteiger partial charge in [-0.3, -0.25) is 14.3 Å². The molecule has 0 spiro atoms. The van der Waals surface area contributed by atoms with Gasteiger partial charge in [-0.15, -0.1) is 0 Å². The molecular weight excluding hydrogens is 534 g/mol. The Morgan fingerprint density at radius 1 is 1.14 bits per heavy atom. The van der Waals surface area contributed by atoms with Crippen LogP contribution < -0.4 is 10.6 Å². The number of fused-ring (bicyclic) bond motifs is 2. The first-order valence-corrected chi connectivity index (χ1v) is 14.0. The molecule has 1 aromatic carbocycles. The van der Waals surface area contributed by atoms with Gasteiger partial charge in [0.15, 0.2) is 5.65 Å². The zero-order valence-corrected chi connectivity index (χ0v) is 23.1. The third-order valence-electron chi connectivity index (χ3n) is 8.40. The number of carbonyl (C=O) groups is 1. The maximum atomic E-state index is 13.6. The van der Waals surface area contributed by atoms with Gasteiger partial charge in [-0.25, -0.2) is 19.7 Å². The van der Waals surface area contributed by atoms with Crippen molar-refractivity contribution in [2.75, 3.05) is 38.2 Å². The zero-order chi connectivity index (χ0) is 28.8. The number of amides is 1. The third kappa shape index (κ3) is 4.38. The largest absolute Gasteiger partial charge is 0.378 e. The first-order valence-electron chi connectivity index (χ1n) is 14.0. The van der Waals surface area contributed by atoms with Crippen LogP contribution in [-0.4, -0.2) is 79.3 Å². The number of nitrogens with zero attached hydrogens (tertiary/aromatic N) is 8. The number of imidazole rings is 1. The molecule has 2 aliphatic rings. The van der Waals surface area contributed by atoms with Crippen LogP contribution in [-0.2, 0) is 16.1 Å². The van der Waals surface area contributed by atoms with E-state index < -0.39 is 0 Å². The topological polar surface area (TPSA) is 138 Å². The summed E-state index contributed by atoms with van der Waals surface area (Å²) in [6, 6.07) is 13.4. The SMILES string of the molecule is COC1CN(c2ncnc3c2c(-c2cccc(C#N)c2)cn3CC(=O)N2CCC(n3c(=O)[nH]c4ncccc43)CC2)C1. The van der Waals surface area contributed by atoms with Crippen LogP contribution in [0, 0.1) is 11.3 Å². The van der Waals surface area contributed by atoms with Crippen molar-refractivity contribution in [1.29, 1.82) is 5.26 Å². The van der Waals surface area contributed by atoms with Crippen molar-refractivity contribution in [2.45, 2.75) is 31.5 Å². The number of rotatable bonds is 6. The van der Waals surface area contributed by atoms with Crippen LogP contribution in [0.4, 0.5) is 5.82 Å². The second-order valence-corrected chi connectivity index (χ2v) is 10.8. The summed E-state index contributed by atoms with van der Waals surface area (Å²) < 4.78 is 9.13. The van der Waals surface area contributed by atoms with E-state index in [2.05, 4.69) is 30.9 Å². The third-order valence-corrected chi connectivity index (χ3v) is 8.40.